The van der Waals surface area contributed by atoms with Gasteiger partial charge < -0.3 is 4.57 Å². The molecule has 2 heteroatoms. The molecule has 0 saturated heterocycles. The number of aromatic nitrogens is 2. The van der Waals surface area contributed by atoms with Crippen molar-refractivity contribution in [2.45, 2.75) is 39.5 Å². The molecule has 2 nitrogen and oxygen atoms in total. The highest BCUT2D eigenvalue weighted by molar-refractivity contribution is 5.07. The van der Waals surface area contributed by atoms with E-state index in [9.17, 15) is 0 Å². The van der Waals surface area contributed by atoms with Gasteiger partial charge in [0.15, 0.2) is 0 Å². The Kier molecular flexibility index (Phi) is 2.90. The highest BCUT2D eigenvalue weighted by Gasteiger charge is 2.08. The third-order valence-electron chi connectivity index (χ3n) is 2.14. The Labute approximate surface area is 74.6 Å². The van der Waals surface area contributed by atoms with Gasteiger partial charge in [-0.15, -0.1) is 0 Å². The average Bonchev–Trinajstić information content (AvgIpc) is 2.34. The lowest BCUT2D eigenvalue weighted by Crippen LogP contribution is -2.03. The van der Waals surface area contributed by atoms with E-state index in [-0.39, 0.29) is 0 Å². The fourth-order valence-electron chi connectivity index (χ4n) is 1.49. The summed E-state index contributed by atoms with van der Waals surface area (Å²) in [5.74, 6) is 1.72. The van der Waals surface area contributed by atoms with Crippen molar-refractivity contribution < 1.29 is 0 Å². The Morgan fingerprint density at radius 2 is 2.17 bits per heavy atom. The zero-order valence-corrected chi connectivity index (χ0v) is 8.46. The second kappa shape index (κ2) is 3.74. The first-order chi connectivity index (χ1) is 5.66. The molecule has 1 aromatic heterocycles. The van der Waals surface area contributed by atoms with Crippen molar-refractivity contribution in [3.05, 3.63) is 17.7 Å². The van der Waals surface area contributed by atoms with Crippen LogP contribution in [0.4, 0.5) is 0 Å². The van der Waals surface area contributed by atoms with Gasteiger partial charge in [0.2, 0.25) is 0 Å². The fourth-order valence-corrected chi connectivity index (χ4v) is 1.49. The molecule has 0 aliphatic heterocycles. The third-order valence-corrected chi connectivity index (χ3v) is 2.14. The van der Waals surface area contributed by atoms with Gasteiger partial charge >= 0.3 is 0 Å². The highest BCUT2D eigenvalue weighted by Crippen LogP contribution is 2.14. The molecule has 0 spiro atoms. The first-order valence-electron chi connectivity index (χ1n) is 4.67. The average molecular weight is 166 g/mol. The van der Waals surface area contributed by atoms with Crippen LogP contribution in [0.5, 0.6) is 0 Å². The summed E-state index contributed by atoms with van der Waals surface area (Å²) in [5.41, 5.74) is 1.35. The van der Waals surface area contributed by atoms with E-state index in [1.165, 1.54) is 17.9 Å². The maximum Gasteiger partial charge on any atom is 0.111 e. The van der Waals surface area contributed by atoms with E-state index in [1.54, 1.807) is 0 Å². The van der Waals surface area contributed by atoms with Crippen LogP contribution >= 0.6 is 0 Å². The van der Waals surface area contributed by atoms with Gasteiger partial charge in [-0.2, -0.15) is 0 Å². The van der Waals surface area contributed by atoms with Gasteiger partial charge in [0.05, 0.1) is 0 Å². The monoisotopic (exact) mass is 166 g/mol. The SMILES string of the molecule is CCCc1cnc(C(C)C)n1C. The summed E-state index contributed by atoms with van der Waals surface area (Å²) in [6, 6.07) is 0. The second-order valence-electron chi connectivity index (χ2n) is 3.57. The van der Waals surface area contributed by atoms with Crippen LogP contribution in [0.1, 0.15) is 44.6 Å². The molecule has 1 aromatic rings. The fraction of sp³-hybridized carbons (Fsp3) is 0.700. The molecule has 12 heavy (non-hydrogen) atoms. The van der Waals surface area contributed by atoms with Gasteiger partial charge in [0, 0.05) is 24.9 Å². The van der Waals surface area contributed by atoms with E-state index in [2.05, 4.69) is 37.4 Å². The van der Waals surface area contributed by atoms with Crippen molar-refractivity contribution in [1.82, 2.24) is 9.55 Å². The molecule has 0 fully saturated rings. The molecule has 1 rings (SSSR count). The smallest absolute Gasteiger partial charge is 0.111 e. The van der Waals surface area contributed by atoms with Gasteiger partial charge in [-0.3, -0.25) is 0 Å². The van der Waals surface area contributed by atoms with E-state index in [1.807, 2.05) is 6.20 Å². The zero-order valence-electron chi connectivity index (χ0n) is 8.46. The second-order valence-corrected chi connectivity index (χ2v) is 3.57. The van der Waals surface area contributed by atoms with Gasteiger partial charge in [0.1, 0.15) is 5.82 Å². The Bertz CT molecular complexity index is 248. The number of rotatable bonds is 3. The first-order valence-corrected chi connectivity index (χ1v) is 4.67. The molecule has 0 bridgehead atoms. The van der Waals surface area contributed by atoms with Crippen molar-refractivity contribution >= 4 is 0 Å². The van der Waals surface area contributed by atoms with Crippen molar-refractivity contribution in [3.63, 3.8) is 0 Å². The summed E-state index contributed by atoms with van der Waals surface area (Å²) in [5, 5.41) is 0. The normalized spacial score (nSPS) is 11.1. The number of imidazole rings is 1. The molecule has 0 unspecified atom stereocenters. The lowest BCUT2D eigenvalue weighted by atomic mass is 10.2. The summed E-state index contributed by atoms with van der Waals surface area (Å²) in [6.45, 7) is 6.55. The van der Waals surface area contributed by atoms with Crippen LogP contribution in [0, 0.1) is 0 Å². The quantitative estimate of drug-likeness (QED) is 0.674. The topological polar surface area (TPSA) is 17.8 Å². The van der Waals surface area contributed by atoms with Crippen LogP contribution in [0.15, 0.2) is 6.20 Å². The van der Waals surface area contributed by atoms with Gasteiger partial charge in [-0.05, 0) is 6.42 Å². The number of hydrogen-bond acceptors (Lipinski definition) is 1. The lowest BCUT2D eigenvalue weighted by molar-refractivity contribution is 0.682. The van der Waals surface area contributed by atoms with E-state index in [4.69, 9.17) is 0 Å². The summed E-state index contributed by atoms with van der Waals surface area (Å²) in [4.78, 5) is 4.40. The molecule has 0 aromatic carbocycles. The Morgan fingerprint density at radius 3 is 2.58 bits per heavy atom. The molecule has 0 amide bonds. The first kappa shape index (κ1) is 9.30. The molecule has 0 aliphatic rings. The molecular formula is C10H18N2. The van der Waals surface area contributed by atoms with Crippen molar-refractivity contribution in [2.75, 3.05) is 0 Å². The zero-order chi connectivity index (χ0) is 9.14. The van der Waals surface area contributed by atoms with Crippen LogP contribution in [-0.4, -0.2) is 9.55 Å². The Balaban J connectivity index is 2.88. The van der Waals surface area contributed by atoms with Crippen molar-refractivity contribution in [2.24, 2.45) is 7.05 Å². The highest BCUT2D eigenvalue weighted by atomic mass is 15.1. The Morgan fingerprint density at radius 1 is 1.50 bits per heavy atom. The molecule has 68 valence electrons. The van der Waals surface area contributed by atoms with Crippen LogP contribution in [0.2, 0.25) is 0 Å². The molecule has 0 saturated carbocycles. The van der Waals surface area contributed by atoms with Crippen LogP contribution < -0.4 is 0 Å². The number of hydrogen-bond donors (Lipinski definition) is 0. The molecule has 0 aliphatic carbocycles. The van der Waals surface area contributed by atoms with E-state index in [0.29, 0.717) is 5.92 Å². The summed E-state index contributed by atoms with van der Waals surface area (Å²) in [6.07, 6.45) is 4.33. The minimum absolute atomic E-state index is 0.528. The number of nitrogens with zero attached hydrogens (tertiary/aromatic N) is 2. The maximum atomic E-state index is 4.40. The minimum atomic E-state index is 0.528. The molecular weight excluding hydrogens is 148 g/mol. The molecule has 1 heterocycles. The molecule has 0 N–H and O–H groups in total. The van der Waals surface area contributed by atoms with E-state index in [0.717, 1.165) is 6.42 Å². The van der Waals surface area contributed by atoms with Crippen LogP contribution in [0.25, 0.3) is 0 Å². The van der Waals surface area contributed by atoms with Crippen LogP contribution in [0.3, 0.4) is 0 Å². The van der Waals surface area contributed by atoms with Crippen molar-refractivity contribution in [3.8, 4) is 0 Å². The lowest BCUT2D eigenvalue weighted by Gasteiger charge is -2.06. The summed E-state index contributed by atoms with van der Waals surface area (Å²) < 4.78 is 2.22. The van der Waals surface area contributed by atoms with Crippen molar-refractivity contribution in [1.29, 1.82) is 0 Å². The summed E-state index contributed by atoms with van der Waals surface area (Å²) in [7, 11) is 2.10. The standard InChI is InChI=1S/C10H18N2/c1-5-6-9-7-11-10(8(2)3)12(9)4/h7-8H,5-6H2,1-4H3. The summed E-state index contributed by atoms with van der Waals surface area (Å²) >= 11 is 0. The van der Waals surface area contributed by atoms with Gasteiger partial charge in [-0.25, -0.2) is 4.98 Å². The predicted molar refractivity (Wildman–Crippen MR) is 51.3 cm³/mol. The largest absolute Gasteiger partial charge is 0.335 e. The van der Waals surface area contributed by atoms with Gasteiger partial charge in [-0.1, -0.05) is 27.2 Å². The predicted octanol–water partition coefficient (Wildman–Crippen LogP) is 2.50. The third kappa shape index (κ3) is 1.68. The molecule has 0 atom stereocenters. The Hall–Kier alpha value is -0.790. The van der Waals surface area contributed by atoms with E-state index >= 15 is 0 Å². The van der Waals surface area contributed by atoms with Crippen LogP contribution in [-0.2, 0) is 13.5 Å². The number of aryl methyl sites for hydroxylation is 1. The minimum Gasteiger partial charge on any atom is -0.335 e. The maximum absolute atomic E-state index is 4.40. The van der Waals surface area contributed by atoms with E-state index < -0.39 is 0 Å². The molecule has 0 radical (unpaired) electrons. The van der Waals surface area contributed by atoms with Gasteiger partial charge in [0.25, 0.3) is 0 Å².